The van der Waals surface area contributed by atoms with Gasteiger partial charge in [-0.05, 0) is 49.2 Å². The van der Waals surface area contributed by atoms with Gasteiger partial charge in [0.15, 0.2) is 0 Å². The highest BCUT2D eigenvalue weighted by atomic mass is 16.5. The summed E-state index contributed by atoms with van der Waals surface area (Å²) in [6.45, 7) is 4.03. The SMILES string of the molecule is CC[C@H](C)NC(=O)c1cncc(-c2ccc(Oc3ccccc3)cc2)c1. The lowest BCUT2D eigenvalue weighted by Gasteiger charge is -2.12. The van der Waals surface area contributed by atoms with Crippen LogP contribution in [-0.2, 0) is 0 Å². The van der Waals surface area contributed by atoms with Crippen LogP contribution in [0.1, 0.15) is 30.6 Å². The zero-order chi connectivity index (χ0) is 18.4. The molecule has 0 aliphatic rings. The summed E-state index contributed by atoms with van der Waals surface area (Å²) in [5, 5.41) is 2.96. The first-order chi connectivity index (χ1) is 12.7. The maximum Gasteiger partial charge on any atom is 0.253 e. The lowest BCUT2D eigenvalue weighted by atomic mass is 10.1. The fourth-order valence-corrected chi connectivity index (χ4v) is 2.47. The third kappa shape index (κ3) is 4.48. The summed E-state index contributed by atoms with van der Waals surface area (Å²) in [4.78, 5) is 16.5. The molecule has 26 heavy (non-hydrogen) atoms. The Kier molecular flexibility index (Phi) is 5.64. The van der Waals surface area contributed by atoms with Crippen molar-refractivity contribution in [2.45, 2.75) is 26.3 Å². The first-order valence-corrected chi connectivity index (χ1v) is 8.75. The van der Waals surface area contributed by atoms with Crippen molar-refractivity contribution < 1.29 is 9.53 Å². The molecule has 0 radical (unpaired) electrons. The summed E-state index contributed by atoms with van der Waals surface area (Å²) in [5.74, 6) is 1.46. The minimum absolute atomic E-state index is 0.0993. The molecule has 0 spiro atoms. The van der Waals surface area contributed by atoms with E-state index >= 15 is 0 Å². The number of aromatic nitrogens is 1. The van der Waals surface area contributed by atoms with Gasteiger partial charge in [0.1, 0.15) is 11.5 Å². The van der Waals surface area contributed by atoms with E-state index in [0.29, 0.717) is 5.56 Å². The Morgan fingerprint density at radius 1 is 1.00 bits per heavy atom. The highest BCUT2D eigenvalue weighted by Gasteiger charge is 2.10. The minimum atomic E-state index is -0.0993. The molecule has 0 unspecified atom stereocenters. The number of carbonyl (C=O) groups is 1. The first kappa shape index (κ1) is 17.7. The van der Waals surface area contributed by atoms with Crippen molar-refractivity contribution in [2.75, 3.05) is 0 Å². The molecule has 0 aliphatic carbocycles. The van der Waals surface area contributed by atoms with Gasteiger partial charge in [0, 0.05) is 24.0 Å². The number of benzene rings is 2. The second-order valence-electron chi connectivity index (χ2n) is 6.18. The van der Waals surface area contributed by atoms with E-state index in [1.54, 1.807) is 12.4 Å². The molecule has 4 nitrogen and oxygen atoms in total. The Balaban J connectivity index is 1.75. The largest absolute Gasteiger partial charge is 0.457 e. The molecule has 1 atom stereocenters. The Bertz CT molecular complexity index is 861. The Morgan fingerprint density at radius 2 is 1.69 bits per heavy atom. The van der Waals surface area contributed by atoms with Crippen LogP contribution >= 0.6 is 0 Å². The first-order valence-electron chi connectivity index (χ1n) is 8.75. The maximum absolute atomic E-state index is 12.3. The van der Waals surface area contributed by atoms with Crippen LogP contribution in [0.3, 0.4) is 0 Å². The third-order valence-corrected chi connectivity index (χ3v) is 4.16. The molecule has 2 aromatic carbocycles. The van der Waals surface area contributed by atoms with E-state index in [1.165, 1.54) is 0 Å². The summed E-state index contributed by atoms with van der Waals surface area (Å²) < 4.78 is 5.81. The normalized spacial score (nSPS) is 11.6. The average molecular weight is 346 g/mol. The number of rotatable bonds is 6. The van der Waals surface area contributed by atoms with Crippen LogP contribution in [-0.4, -0.2) is 16.9 Å². The van der Waals surface area contributed by atoms with Gasteiger partial charge >= 0.3 is 0 Å². The van der Waals surface area contributed by atoms with Gasteiger partial charge in [0.2, 0.25) is 0 Å². The molecule has 1 amide bonds. The summed E-state index contributed by atoms with van der Waals surface area (Å²) >= 11 is 0. The van der Waals surface area contributed by atoms with Gasteiger partial charge < -0.3 is 10.1 Å². The summed E-state index contributed by atoms with van der Waals surface area (Å²) in [6.07, 6.45) is 4.24. The van der Waals surface area contributed by atoms with Gasteiger partial charge in [0.05, 0.1) is 5.56 Å². The molecule has 0 bridgehead atoms. The summed E-state index contributed by atoms with van der Waals surface area (Å²) in [7, 11) is 0. The average Bonchev–Trinajstić information content (AvgIpc) is 2.69. The standard InChI is InChI=1S/C22H22N2O2/c1-3-16(2)24-22(25)19-13-18(14-23-15-19)17-9-11-21(12-10-17)26-20-7-5-4-6-8-20/h4-16H,3H2,1-2H3,(H,24,25)/t16-/m0/s1. The monoisotopic (exact) mass is 346 g/mol. The maximum atomic E-state index is 12.3. The predicted octanol–water partition coefficient (Wildman–Crippen LogP) is 5.07. The van der Waals surface area contributed by atoms with Gasteiger partial charge in [0.25, 0.3) is 5.91 Å². The van der Waals surface area contributed by atoms with Crippen molar-refractivity contribution in [1.29, 1.82) is 0 Å². The van der Waals surface area contributed by atoms with E-state index in [4.69, 9.17) is 4.74 Å². The zero-order valence-corrected chi connectivity index (χ0v) is 15.0. The smallest absolute Gasteiger partial charge is 0.253 e. The fraction of sp³-hybridized carbons (Fsp3) is 0.182. The number of carbonyl (C=O) groups excluding carboxylic acids is 1. The van der Waals surface area contributed by atoms with Crippen molar-refractivity contribution in [3.05, 3.63) is 78.6 Å². The van der Waals surface area contributed by atoms with Crippen molar-refractivity contribution in [3.63, 3.8) is 0 Å². The topological polar surface area (TPSA) is 51.2 Å². The summed E-state index contributed by atoms with van der Waals surface area (Å²) in [6, 6.07) is 19.4. The van der Waals surface area contributed by atoms with E-state index in [9.17, 15) is 4.79 Å². The van der Waals surface area contributed by atoms with E-state index in [2.05, 4.69) is 10.3 Å². The lowest BCUT2D eigenvalue weighted by Crippen LogP contribution is -2.31. The number of nitrogens with one attached hydrogen (secondary N) is 1. The van der Waals surface area contributed by atoms with Crippen LogP contribution in [0.5, 0.6) is 11.5 Å². The van der Waals surface area contributed by atoms with Crippen molar-refractivity contribution in [1.82, 2.24) is 10.3 Å². The molecular formula is C22H22N2O2. The molecule has 0 saturated carbocycles. The molecule has 4 heteroatoms. The Hall–Kier alpha value is -3.14. The molecule has 3 aromatic rings. The third-order valence-electron chi connectivity index (χ3n) is 4.16. The second kappa shape index (κ2) is 8.30. The number of ether oxygens (including phenoxy) is 1. The van der Waals surface area contributed by atoms with Gasteiger partial charge in [-0.2, -0.15) is 0 Å². The van der Waals surface area contributed by atoms with Crippen LogP contribution < -0.4 is 10.1 Å². The lowest BCUT2D eigenvalue weighted by molar-refractivity contribution is 0.0939. The van der Waals surface area contributed by atoms with Crippen molar-refractivity contribution in [3.8, 4) is 22.6 Å². The molecular weight excluding hydrogens is 324 g/mol. The van der Waals surface area contributed by atoms with Crippen LogP contribution in [0.25, 0.3) is 11.1 Å². The van der Waals surface area contributed by atoms with Crippen molar-refractivity contribution >= 4 is 5.91 Å². The van der Waals surface area contributed by atoms with Crippen LogP contribution in [0.15, 0.2) is 73.1 Å². The number of para-hydroxylation sites is 1. The second-order valence-corrected chi connectivity index (χ2v) is 6.18. The number of hydrogen-bond donors (Lipinski definition) is 1. The van der Waals surface area contributed by atoms with Gasteiger partial charge in [-0.25, -0.2) is 0 Å². The number of hydrogen-bond acceptors (Lipinski definition) is 3. The van der Waals surface area contributed by atoms with Gasteiger partial charge in [-0.3, -0.25) is 9.78 Å². The van der Waals surface area contributed by atoms with E-state index < -0.39 is 0 Å². The van der Waals surface area contributed by atoms with Crippen LogP contribution in [0.2, 0.25) is 0 Å². The van der Waals surface area contributed by atoms with Gasteiger partial charge in [-0.15, -0.1) is 0 Å². The zero-order valence-electron chi connectivity index (χ0n) is 15.0. The minimum Gasteiger partial charge on any atom is -0.457 e. The molecule has 132 valence electrons. The van der Waals surface area contributed by atoms with E-state index in [1.807, 2.05) is 74.5 Å². The van der Waals surface area contributed by atoms with E-state index in [0.717, 1.165) is 29.0 Å². The number of amides is 1. The number of nitrogens with zero attached hydrogens (tertiary/aromatic N) is 1. The number of pyridine rings is 1. The van der Waals surface area contributed by atoms with Crippen LogP contribution in [0, 0.1) is 0 Å². The van der Waals surface area contributed by atoms with Gasteiger partial charge in [-0.1, -0.05) is 37.3 Å². The molecule has 1 aromatic heterocycles. The molecule has 0 saturated heterocycles. The quantitative estimate of drug-likeness (QED) is 0.678. The molecule has 1 heterocycles. The molecule has 1 N–H and O–H groups in total. The molecule has 0 fully saturated rings. The molecule has 3 rings (SSSR count). The molecule has 0 aliphatic heterocycles. The Labute approximate surface area is 153 Å². The van der Waals surface area contributed by atoms with Crippen LogP contribution in [0.4, 0.5) is 0 Å². The fourth-order valence-electron chi connectivity index (χ4n) is 2.47. The predicted molar refractivity (Wildman–Crippen MR) is 103 cm³/mol. The highest BCUT2D eigenvalue weighted by molar-refractivity contribution is 5.95. The van der Waals surface area contributed by atoms with E-state index in [-0.39, 0.29) is 11.9 Å². The highest BCUT2D eigenvalue weighted by Crippen LogP contribution is 2.25. The summed E-state index contributed by atoms with van der Waals surface area (Å²) in [5.41, 5.74) is 2.44. The van der Waals surface area contributed by atoms with Crippen molar-refractivity contribution in [2.24, 2.45) is 0 Å². The Morgan fingerprint density at radius 3 is 2.38 bits per heavy atom.